The highest BCUT2D eigenvalue weighted by molar-refractivity contribution is 6.10. The summed E-state index contributed by atoms with van der Waals surface area (Å²) in [6.07, 6.45) is 2.45. The fourth-order valence-corrected chi connectivity index (χ4v) is 3.68. The lowest BCUT2D eigenvalue weighted by atomic mass is 10.1. The van der Waals surface area contributed by atoms with E-state index in [1.807, 2.05) is 36.4 Å². The van der Waals surface area contributed by atoms with Gasteiger partial charge in [-0.05, 0) is 36.6 Å². The van der Waals surface area contributed by atoms with Gasteiger partial charge in [-0.25, -0.2) is 9.97 Å². The molecule has 3 N–H and O–H groups in total. The highest BCUT2D eigenvalue weighted by Gasteiger charge is 2.24. The Bertz CT molecular complexity index is 1380. The van der Waals surface area contributed by atoms with E-state index in [4.69, 9.17) is 25.2 Å². The molecular formula is C25H28N6O3. The monoisotopic (exact) mass is 460 g/mol. The number of aromatic nitrogens is 3. The van der Waals surface area contributed by atoms with Crippen molar-refractivity contribution in [1.82, 2.24) is 20.0 Å². The van der Waals surface area contributed by atoms with Crippen LogP contribution in [0.25, 0.3) is 22.2 Å². The van der Waals surface area contributed by atoms with Crippen LogP contribution in [0.2, 0.25) is 0 Å². The number of nitrogens with zero attached hydrogens (tertiary/aromatic N) is 4. The molecule has 1 amide bonds. The van der Waals surface area contributed by atoms with E-state index in [0.29, 0.717) is 51.7 Å². The molecule has 0 fully saturated rings. The number of hydrogen-bond donors (Lipinski definition) is 2. The summed E-state index contributed by atoms with van der Waals surface area (Å²) in [6.45, 7) is 4.74. The largest absolute Gasteiger partial charge is 0.493 e. The summed E-state index contributed by atoms with van der Waals surface area (Å²) in [7, 11) is 3.13. The molecule has 4 aromatic rings. The molecular weight excluding hydrogens is 432 g/mol. The number of hydrogen-bond acceptors (Lipinski definition) is 7. The van der Waals surface area contributed by atoms with Gasteiger partial charge in [-0.2, -0.15) is 9.78 Å². The fraction of sp³-hybridized carbons (Fsp3) is 0.280. The molecule has 0 saturated carbocycles. The Morgan fingerprint density at radius 2 is 1.85 bits per heavy atom. The second kappa shape index (κ2) is 9.78. The number of amides is 1. The number of nitrogen functional groups attached to an aromatic ring is 1. The third-order valence-electron chi connectivity index (χ3n) is 5.45. The smallest absolute Gasteiger partial charge is 0.257 e. The summed E-state index contributed by atoms with van der Waals surface area (Å²) in [4.78, 5) is 22.5. The van der Waals surface area contributed by atoms with Crippen molar-refractivity contribution in [3.63, 3.8) is 0 Å². The number of fused-ring (bicyclic) bond motifs is 2. The average Bonchev–Trinajstić information content (AvgIpc) is 3.10. The second-order valence-electron chi connectivity index (χ2n) is 8.22. The number of nitrogens with one attached hydrogen (secondary N) is 1. The van der Waals surface area contributed by atoms with Gasteiger partial charge in [-0.15, -0.1) is 0 Å². The number of ether oxygens (including phenoxy) is 2. The number of nitrogens with two attached hydrogens (primary N) is 1. The van der Waals surface area contributed by atoms with Gasteiger partial charge >= 0.3 is 0 Å². The number of carbonyl (C=O) groups excluding carboxylic acids is 1. The first-order valence-electron chi connectivity index (χ1n) is 11.0. The first-order chi connectivity index (χ1) is 16.4. The van der Waals surface area contributed by atoms with Crippen LogP contribution >= 0.6 is 0 Å². The maximum atomic E-state index is 13.1. The van der Waals surface area contributed by atoms with Gasteiger partial charge in [0.1, 0.15) is 16.9 Å². The molecule has 0 radical (unpaired) electrons. The predicted molar refractivity (Wildman–Crippen MR) is 134 cm³/mol. The van der Waals surface area contributed by atoms with Crippen molar-refractivity contribution in [2.24, 2.45) is 11.0 Å². The van der Waals surface area contributed by atoms with Crippen molar-refractivity contribution >= 4 is 40.1 Å². The van der Waals surface area contributed by atoms with E-state index >= 15 is 0 Å². The summed E-state index contributed by atoms with van der Waals surface area (Å²) in [6, 6.07) is 12.9. The minimum atomic E-state index is -0.305. The van der Waals surface area contributed by atoms with E-state index in [-0.39, 0.29) is 17.3 Å². The predicted octanol–water partition coefficient (Wildman–Crippen LogP) is 3.84. The van der Waals surface area contributed by atoms with Gasteiger partial charge in [0.2, 0.25) is 0 Å². The molecule has 9 nitrogen and oxygen atoms in total. The zero-order chi connectivity index (χ0) is 24.2. The number of carbonyl (C=O) groups is 1. The summed E-state index contributed by atoms with van der Waals surface area (Å²) in [5.74, 6) is 1.43. The van der Waals surface area contributed by atoms with Crippen LogP contribution in [0.5, 0.6) is 11.5 Å². The lowest BCUT2D eigenvalue weighted by molar-refractivity contribution is 0.0954. The Hall–Kier alpha value is -4.14. The minimum Gasteiger partial charge on any atom is -0.493 e. The fourth-order valence-electron chi connectivity index (χ4n) is 3.68. The Morgan fingerprint density at radius 3 is 2.53 bits per heavy atom. The molecule has 0 aliphatic rings. The van der Waals surface area contributed by atoms with Gasteiger partial charge in [0, 0.05) is 12.1 Å². The molecule has 0 unspecified atom stereocenters. The molecule has 0 aliphatic heterocycles. The number of rotatable bonds is 8. The van der Waals surface area contributed by atoms with E-state index in [1.54, 1.807) is 26.5 Å². The molecule has 9 heteroatoms. The molecule has 0 saturated heterocycles. The molecule has 0 aliphatic carbocycles. The molecule has 176 valence electrons. The van der Waals surface area contributed by atoms with Crippen molar-refractivity contribution in [3.05, 3.63) is 53.6 Å². The highest BCUT2D eigenvalue weighted by Crippen LogP contribution is 2.31. The van der Waals surface area contributed by atoms with Crippen LogP contribution in [0.4, 0.5) is 5.82 Å². The van der Waals surface area contributed by atoms with Gasteiger partial charge in [0.05, 0.1) is 31.5 Å². The lowest BCUT2D eigenvalue weighted by Gasteiger charge is -2.09. The first kappa shape index (κ1) is 23.0. The highest BCUT2D eigenvalue weighted by atomic mass is 16.5. The van der Waals surface area contributed by atoms with Gasteiger partial charge in [0.25, 0.3) is 5.91 Å². The van der Waals surface area contributed by atoms with Crippen LogP contribution in [0.3, 0.4) is 0 Å². The van der Waals surface area contributed by atoms with Gasteiger partial charge in [-0.1, -0.05) is 32.0 Å². The Labute approximate surface area is 197 Å². The quantitative estimate of drug-likeness (QED) is 0.386. The molecule has 2 heterocycles. The zero-order valence-electron chi connectivity index (χ0n) is 19.7. The van der Waals surface area contributed by atoms with Crippen LogP contribution in [0, 0.1) is 5.92 Å². The van der Waals surface area contributed by atoms with E-state index < -0.39 is 0 Å². The molecule has 0 spiro atoms. The molecule has 2 aromatic heterocycles. The SMILES string of the molecule is COc1cccc(C=Nn2c(N)c(C(=O)NCCC(C)C)c3nc4ccccc4nc32)c1OC. The van der Waals surface area contributed by atoms with Crippen molar-refractivity contribution in [2.45, 2.75) is 20.3 Å². The van der Waals surface area contributed by atoms with E-state index in [1.165, 1.54) is 4.68 Å². The third-order valence-corrected chi connectivity index (χ3v) is 5.45. The molecule has 34 heavy (non-hydrogen) atoms. The topological polar surface area (TPSA) is 117 Å². The number of benzene rings is 2. The van der Waals surface area contributed by atoms with E-state index in [9.17, 15) is 4.79 Å². The zero-order valence-corrected chi connectivity index (χ0v) is 19.7. The summed E-state index contributed by atoms with van der Waals surface area (Å²) < 4.78 is 12.3. The Kier molecular flexibility index (Phi) is 6.62. The molecule has 0 atom stereocenters. The van der Waals surface area contributed by atoms with Crippen molar-refractivity contribution < 1.29 is 14.3 Å². The maximum Gasteiger partial charge on any atom is 0.257 e. The Morgan fingerprint density at radius 1 is 1.12 bits per heavy atom. The van der Waals surface area contributed by atoms with Crippen LogP contribution < -0.4 is 20.5 Å². The standard InChI is InChI=1S/C25H28N6O3/c1-15(2)12-13-27-25(32)20-21-24(30-18-10-6-5-9-17(18)29-21)31(23(20)26)28-14-16-8-7-11-19(33-3)22(16)34-4/h5-11,14-15H,12-13,26H2,1-4H3,(H,27,32). The summed E-state index contributed by atoms with van der Waals surface area (Å²) >= 11 is 0. The summed E-state index contributed by atoms with van der Waals surface area (Å²) in [5, 5.41) is 7.50. The minimum absolute atomic E-state index is 0.158. The number of methoxy groups -OCH3 is 2. The van der Waals surface area contributed by atoms with Crippen molar-refractivity contribution in [1.29, 1.82) is 0 Å². The molecule has 0 bridgehead atoms. The van der Waals surface area contributed by atoms with Crippen molar-refractivity contribution in [3.8, 4) is 11.5 Å². The van der Waals surface area contributed by atoms with Crippen LogP contribution in [-0.2, 0) is 0 Å². The second-order valence-corrected chi connectivity index (χ2v) is 8.22. The van der Waals surface area contributed by atoms with Crippen LogP contribution in [0.1, 0.15) is 36.2 Å². The lowest BCUT2D eigenvalue weighted by Crippen LogP contribution is -2.26. The Balaban J connectivity index is 1.85. The maximum absolute atomic E-state index is 13.1. The third kappa shape index (κ3) is 4.36. The average molecular weight is 461 g/mol. The van der Waals surface area contributed by atoms with E-state index in [0.717, 1.165) is 6.42 Å². The van der Waals surface area contributed by atoms with Gasteiger partial charge in [-0.3, -0.25) is 4.79 Å². The van der Waals surface area contributed by atoms with Gasteiger partial charge < -0.3 is 20.5 Å². The molecule has 4 rings (SSSR count). The number of para-hydroxylation sites is 3. The van der Waals surface area contributed by atoms with Crippen LogP contribution in [-0.4, -0.2) is 47.5 Å². The normalized spacial score (nSPS) is 11.6. The number of anilines is 1. The van der Waals surface area contributed by atoms with E-state index in [2.05, 4.69) is 24.3 Å². The summed E-state index contributed by atoms with van der Waals surface area (Å²) in [5.41, 5.74) is 9.52. The molecule has 2 aromatic carbocycles. The first-order valence-corrected chi connectivity index (χ1v) is 11.0. The van der Waals surface area contributed by atoms with Crippen LogP contribution in [0.15, 0.2) is 47.6 Å². The van der Waals surface area contributed by atoms with Gasteiger partial charge in [0.15, 0.2) is 17.1 Å². The van der Waals surface area contributed by atoms with Crippen molar-refractivity contribution in [2.75, 3.05) is 26.5 Å².